The number of carbonyl (C=O) groups is 1. The van der Waals surface area contributed by atoms with Gasteiger partial charge in [-0.1, -0.05) is 11.8 Å². The molecule has 0 atom stereocenters. The topological polar surface area (TPSA) is 52.3 Å². The van der Waals surface area contributed by atoms with Crippen LogP contribution in [-0.2, 0) is 4.74 Å². The zero-order chi connectivity index (χ0) is 13.6. The Morgan fingerprint density at radius 1 is 1.28 bits per heavy atom. The molecule has 0 amide bonds. The number of esters is 1. The third-order valence-electron chi connectivity index (χ3n) is 2.02. The van der Waals surface area contributed by atoms with Gasteiger partial charge in [-0.2, -0.15) is 0 Å². The van der Waals surface area contributed by atoms with Gasteiger partial charge in [-0.05, 0) is 45.0 Å². The third-order valence-corrected chi connectivity index (χ3v) is 2.02. The summed E-state index contributed by atoms with van der Waals surface area (Å²) in [5, 5.41) is 0. The summed E-state index contributed by atoms with van der Waals surface area (Å²) >= 11 is 0. The molecule has 3 heteroatoms. The van der Waals surface area contributed by atoms with Gasteiger partial charge in [0.25, 0.3) is 0 Å². The van der Waals surface area contributed by atoms with E-state index in [1.807, 2.05) is 32.9 Å². The lowest BCUT2D eigenvalue weighted by Gasteiger charge is -2.19. The maximum atomic E-state index is 11.8. The maximum Gasteiger partial charge on any atom is 0.338 e. The van der Waals surface area contributed by atoms with Gasteiger partial charge in [0.05, 0.1) is 5.56 Å². The van der Waals surface area contributed by atoms with E-state index in [-0.39, 0.29) is 5.97 Å². The quantitative estimate of drug-likeness (QED) is 0.642. The molecule has 96 valence electrons. The molecule has 1 rings (SSSR count). The number of carbonyl (C=O) groups excluding carboxylic acids is 1. The summed E-state index contributed by atoms with van der Waals surface area (Å²) in [7, 11) is 0. The van der Waals surface area contributed by atoms with Crippen molar-refractivity contribution in [1.82, 2.24) is 0 Å². The van der Waals surface area contributed by atoms with E-state index in [1.165, 1.54) is 0 Å². The van der Waals surface area contributed by atoms with Gasteiger partial charge < -0.3 is 10.5 Å². The van der Waals surface area contributed by atoms with Gasteiger partial charge in [0.1, 0.15) is 5.60 Å². The largest absolute Gasteiger partial charge is 0.456 e. The summed E-state index contributed by atoms with van der Waals surface area (Å²) in [6, 6.07) is 7.06. The Morgan fingerprint density at radius 3 is 2.39 bits per heavy atom. The zero-order valence-corrected chi connectivity index (χ0v) is 11.1. The van der Waals surface area contributed by atoms with E-state index in [4.69, 9.17) is 10.5 Å². The molecule has 0 saturated carbocycles. The third kappa shape index (κ3) is 5.03. The lowest BCUT2D eigenvalue weighted by atomic mass is 10.1. The molecule has 0 aliphatic heterocycles. The van der Waals surface area contributed by atoms with Crippen molar-refractivity contribution >= 4 is 5.97 Å². The van der Waals surface area contributed by atoms with Crippen LogP contribution in [0.5, 0.6) is 0 Å². The molecule has 2 N–H and O–H groups in total. The Bertz CT molecular complexity index is 458. The van der Waals surface area contributed by atoms with Crippen LogP contribution in [0.1, 0.15) is 43.1 Å². The molecule has 0 saturated heterocycles. The fraction of sp³-hybridized carbons (Fsp3) is 0.400. The number of rotatable bonds is 2. The summed E-state index contributed by atoms with van der Waals surface area (Å²) in [4.78, 5) is 11.8. The van der Waals surface area contributed by atoms with Crippen LogP contribution in [0, 0.1) is 11.8 Å². The minimum atomic E-state index is -0.476. The van der Waals surface area contributed by atoms with Crippen molar-refractivity contribution in [3.63, 3.8) is 0 Å². The Kier molecular flexibility index (Phi) is 4.94. The number of hydrogen-bond donors (Lipinski definition) is 1. The van der Waals surface area contributed by atoms with Crippen LogP contribution in [0.25, 0.3) is 0 Å². The Labute approximate surface area is 108 Å². The first kappa shape index (κ1) is 14.3. The number of benzene rings is 1. The normalized spacial score (nSPS) is 10.4. The van der Waals surface area contributed by atoms with E-state index >= 15 is 0 Å². The first-order valence-electron chi connectivity index (χ1n) is 5.95. The molecule has 0 aromatic heterocycles. The lowest BCUT2D eigenvalue weighted by molar-refractivity contribution is 0.00695. The standard InChI is InChI=1S/C15H19NO2/c1-15(2,3)18-14(17)13-9-7-12(8-10-13)6-4-5-11-16/h7-10H,5,11,16H2,1-3H3. The van der Waals surface area contributed by atoms with E-state index in [0.717, 1.165) is 5.56 Å². The van der Waals surface area contributed by atoms with Gasteiger partial charge in [-0.3, -0.25) is 0 Å². The molecule has 0 unspecified atom stereocenters. The molecular formula is C15H19NO2. The second-order valence-corrected chi connectivity index (χ2v) is 4.92. The van der Waals surface area contributed by atoms with Gasteiger partial charge in [-0.25, -0.2) is 4.79 Å². The Morgan fingerprint density at radius 2 is 1.89 bits per heavy atom. The predicted octanol–water partition coefficient (Wildman–Crippen LogP) is 2.34. The summed E-state index contributed by atoms with van der Waals surface area (Å²) in [5.41, 5.74) is 6.28. The van der Waals surface area contributed by atoms with Crippen molar-refractivity contribution in [1.29, 1.82) is 0 Å². The molecule has 0 bridgehead atoms. The highest BCUT2D eigenvalue weighted by molar-refractivity contribution is 5.89. The maximum absolute atomic E-state index is 11.8. The second-order valence-electron chi connectivity index (χ2n) is 4.92. The molecule has 0 fully saturated rings. The van der Waals surface area contributed by atoms with Crippen LogP contribution >= 0.6 is 0 Å². The molecule has 0 heterocycles. The van der Waals surface area contributed by atoms with Crippen molar-refractivity contribution < 1.29 is 9.53 Å². The first-order chi connectivity index (χ1) is 8.42. The fourth-order valence-electron chi connectivity index (χ4n) is 1.26. The van der Waals surface area contributed by atoms with E-state index in [2.05, 4.69) is 11.8 Å². The fourth-order valence-corrected chi connectivity index (χ4v) is 1.26. The van der Waals surface area contributed by atoms with Crippen molar-refractivity contribution in [3.05, 3.63) is 35.4 Å². The van der Waals surface area contributed by atoms with Gasteiger partial charge in [0.2, 0.25) is 0 Å². The van der Waals surface area contributed by atoms with Gasteiger partial charge in [-0.15, -0.1) is 0 Å². The van der Waals surface area contributed by atoms with E-state index in [0.29, 0.717) is 18.5 Å². The van der Waals surface area contributed by atoms with Crippen molar-refractivity contribution in [3.8, 4) is 11.8 Å². The summed E-state index contributed by atoms with van der Waals surface area (Å²) in [6.45, 7) is 6.09. The summed E-state index contributed by atoms with van der Waals surface area (Å²) in [6.07, 6.45) is 0.674. The molecule has 3 nitrogen and oxygen atoms in total. The molecular weight excluding hydrogens is 226 g/mol. The first-order valence-corrected chi connectivity index (χ1v) is 5.95. The molecule has 0 spiro atoms. The van der Waals surface area contributed by atoms with E-state index in [1.54, 1.807) is 12.1 Å². The average Bonchev–Trinajstić information content (AvgIpc) is 2.28. The van der Waals surface area contributed by atoms with Crippen LogP contribution in [-0.4, -0.2) is 18.1 Å². The average molecular weight is 245 g/mol. The zero-order valence-electron chi connectivity index (χ0n) is 11.1. The van der Waals surface area contributed by atoms with Crippen LogP contribution in [0.3, 0.4) is 0 Å². The smallest absolute Gasteiger partial charge is 0.338 e. The van der Waals surface area contributed by atoms with E-state index < -0.39 is 5.60 Å². The highest BCUT2D eigenvalue weighted by atomic mass is 16.6. The van der Waals surface area contributed by atoms with Gasteiger partial charge >= 0.3 is 5.97 Å². The van der Waals surface area contributed by atoms with Gasteiger partial charge in [0, 0.05) is 18.5 Å². The minimum absolute atomic E-state index is 0.316. The number of hydrogen-bond acceptors (Lipinski definition) is 3. The monoisotopic (exact) mass is 245 g/mol. The Balaban J connectivity index is 2.72. The van der Waals surface area contributed by atoms with Crippen LogP contribution in [0.2, 0.25) is 0 Å². The highest BCUT2D eigenvalue weighted by Crippen LogP contribution is 2.12. The van der Waals surface area contributed by atoms with E-state index in [9.17, 15) is 4.79 Å². The van der Waals surface area contributed by atoms with Gasteiger partial charge in [0.15, 0.2) is 0 Å². The van der Waals surface area contributed by atoms with Crippen LogP contribution in [0.15, 0.2) is 24.3 Å². The molecule has 0 aliphatic carbocycles. The highest BCUT2D eigenvalue weighted by Gasteiger charge is 2.17. The molecule has 0 aliphatic rings. The number of ether oxygens (including phenoxy) is 1. The van der Waals surface area contributed by atoms with Crippen molar-refractivity contribution in [2.45, 2.75) is 32.8 Å². The summed E-state index contributed by atoms with van der Waals surface area (Å²) < 4.78 is 5.27. The van der Waals surface area contributed by atoms with Crippen LogP contribution < -0.4 is 5.73 Å². The SMILES string of the molecule is CC(C)(C)OC(=O)c1ccc(C#CCCN)cc1. The summed E-state index contributed by atoms with van der Waals surface area (Å²) in [5.74, 6) is 5.61. The number of nitrogens with two attached hydrogens (primary N) is 1. The van der Waals surface area contributed by atoms with Crippen molar-refractivity contribution in [2.24, 2.45) is 5.73 Å². The van der Waals surface area contributed by atoms with Crippen LogP contribution in [0.4, 0.5) is 0 Å². The second kappa shape index (κ2) is 6.23. The Hall–Kier alpha value is -1.79. The minimum Gasteiger partial charge on any atom is -0.456 e. The molecule has 1 aromatic rings. The molecule has 0 radical (unpaired) electrons. The molecule has 1 aromatic carbocycles. The lowest BCUT2D eigenvalue weighted by Crippen LogP contribution is -2.23. The molecule has 18 heavy (non-hydrogen) atoms. The van der Waals surface area contributed by atoms with Crippen molar-refractivity contribution in [2.75, 3.05) is 6.54 Å². The predicted molar refractivity (Wildman–Crippen MR) is 72.2 cm³/mol.